The van der Waals surface area contributed by atoms with Crippen molar-refractivity contribution in [3.63, 3.8) is 0 Å². The van der Waals surface area contributed by atoms with E-state index >= 15 is 0 Å². The first-order chi connectivity index (χ1) is 11.7. The van der Waals surface area contributed by atoms with E-state index in [4.69, 9.17) is 4.74 Å². The number of carbonyl (C=O) groups is 2. The van der Waals surface area contributed by atoms with Crippen molar-refractivity contribution in [3.05, 3.63) is 30.6 Å². The fourth-order valence-electron chi connectivity index (χ4n) is 1.69. The van der Waals surface area contributed by atoms with Gasteiger partial charge >= 0.3 is 0 Å². The maximum absolute atomic E-state index is 11.7. The number of nitrogens with one attached hydrogen (secondary N) is 3. The molecule has 128 valence electrons. The topological polar surface area (TPSA) is 109 Å². The average Bonchev–Trinajstić information content (AvgIpc) is 3.11. The third-order valence-corrected chi connectivity index (χ3v) is 3.76. The maximum atomic E-state index is 11.7. The maximum Gasteiger partial charge on any atom is 0.257 e. The number of benzene rings is 1. The Bertz CT molecular complexity index is 646. The van der Waals surface area contributed by atoms with Gasteiger partial charge in [-0.2, -0.15) is 5.10 Å². The van der Waals surface area contributed by atoms with E-state index in [9.17, 15) is 9.59 Å². The molecule has 0 unspecified atom stereocenters. The van der Waals surface area contributed by atoms with Crippen LogP contribution in [0.2, 0.25) is 0 Å². The Balaban J connectivity index is 1.63. The molecule has 0 atom stereocenters. The molecule has 2 rings (SSSR count). The van der Waals surface area contributed by atoms with Gasteiger partial charge in [0.25, 0.3) is 5.91 Å². The lowest BCUT2D eigenvalue weighted by atomic mass is 10.3. The molecule has 1 aromatic carbocycles. The average molecular weight is 349 g/mol. The third-order valence-electron chi connectivity index (χ3n) is 2.89. The minimum absolute atomic E-state index is 0.0498. The van der Waals surface area contributed by atoms with Crippen LogP contribution in [0.15, 0.2) is 35.7 Å². The highest BCUT2D eigenvalue weighted by atomic mass is 32.2. The van der Waals surface area contributed by atoms with Crippen LogP contribution in [0.5, 0.6) is 5.75 Å². The van der Waals surface area contributed by atoms with Crippen LogP contribution in [0.1, 0.15) is 13.3 Å². The lowest BCUT2D eigenvalue weighted by Crippen LogP contribution is -2.30. The summed E-state index contributed by atoms with van der Waals surface area (Å²) in [5, 5.41) is 12.7. The predicted octanol–water partition coefficient (Wildman–Crippen LogP) is 1.44. The highest BCUT2D eigenvalue weighted by Gasteiger charge is 2.04. The van der Waals surface area contributed by atoms with Gasteiger partial charge in [0, 0.05) is 24.4 Å². The van der Waals surface area contributed by atoms with Gasteiger partial charge in [-0.3, -0.25) is 14.7 Å². The number of thioether (sulfide) groups is 1. The van der Waals surface area contributed by atoms with Crippen LogP contribution in [-0.4, -0.2) is 45.9 Å². The number of H-pyrrole nitrogens is 1. The molecule has 2 aromatic rings. The smallest absolute Gasteiger partial charge is 0.257 e. The second kappa shape index (κ2) is 9.56. The third kappa shape index (κ3) is 6.29. The second-order valence-electron chi connectivity index (χ2n) is 4.70. The molecule has 0 aliphatic carbocycles. The quantitative estimate of drug-likeness (QED) is 0.467. The van der Waals surface area contributed by atoms with Gasteiger partial charge in [-0.1, -0.05) is 18.7 Å². The van der Waals surface area contributed by atoms with Crippen molar-refractivity contribution in [3.8, 4) is 5.75 Å². The van der Waals surface area contributed by atoms with Crippen LogP contribution in [0.4, 0.5) is 5.69 Å². The standard InChI is InChI=1S/C15H19N5O3S/c1-2-13(21)19-11-3-5-12(6-4-11)23-9-14(22)16-7-8-24-15-17-10-18-20-15/h3-6,10H,2,7-9H2,1H3,(H,16,22)(H,19,21)(H,17,18,20). The van der Waals surface area contributed by atoms with Gasteiger partial charge in [-0.05, 0) is 24.3 Å². The summed E-state index contributed by atoms with van der Waals surface area (Å²) in [4.78, 5) is 26.9. The molecule has 0 spiro atoms. The first-order valence-corrected chi connectivity index (χ1v) is 8.43. The summed E-state index contributed by atoms with van der Waals surface area (Å²) in [6.07, 6.45) is 1.86. The van der Waals surface area contributed by atoms with Crippen molar-refractivity contribution in [2.45, 2.75) is 18.5 Å². The molecule has 0 radical (unpaired) electrons. The Labute approximate surface area is 143 Å². The number of rotatable bonds is 9. The van der Waals surface area contributed by atoms with Crippen molar-refractivity contribution in [2.24, 2.45) is 0 Å². The molecular formula is C15H19N5O3S. The van der Waals surface area contributed by atoms with Crippen LogP contribution in [0, 0.1) is 0 Å². The SMILES string of the molecule is CCC(=O)Nc1ccc(OCC(=O)NCCSc2ncn[nH]2)cc1. The molecule has 0 aliphatic heterocycles. The molecule has 0 saturated heterocycles. The van der Waals surface area contributed by atoms with E-state index in [0.717, 1.165) is 5.16 Å². The Morgan fingerprint density at radius 1 is 1.25 bits per heavy atom. The predicted molar refractivity (Wildman–Crippen MR) is 91.0 cm³/mol. The largest absolute Gasteiger partial charge is 0.484 e. The van der Waals surface area contributed by atoms with E-state index in [1.54, 1.807) is 31.2 Å². The van der Waals surface area contributed by atoms with E-state index in [-0.39, 0.29) is 18.4 Å². The minimum atomic E-state index is -0.198. The fourth-order valence-corrected chi connectivity index (χ4v) is 2.32. The Morgan fingerprint density at radius 2 is 2.04 bits per heavy atom. The van der Waals surface area contributed by atoms with Gasteiger partial charge in [0.1, 0.15) is 12.1 Å². The summed E-state index contributed by atoms with van der Waals surface area (Å²) in [5.74, 6) is 1.01. The number of aromatic amines is 1. The van der Waals surface area contributed by atoms with Gasteiger partial charge < -0.3 is 15.4 Å². The molecule has 0 fully saturated rings. The summed E-state index contributed by atoms with van der Waals surface area (Å²) < 4.78 is 5.40. The number of hydrogen-bond acceptors (Lipinski definition) is 6. The van der Waals surface area contributed by atoms with E-state index in [1.807, 2.05) is 0 Å². The van der Waals surface area contributed by atoms with Gasteiger partial charge in [-0.15, -0.1) is 0 Å². The Hall–Kier alpha value is -2.55. The molecule has 3 N–H and O–H groups in total. The molecule has 0 saturated carbocycles. The highest BCUT2D eigenvalue weighted by molar-refractivity contribution is 7.99. The van der Waals surface area contributed by atoms with Crippen LogP contribution < -0.4 is 15.4 Å². The lowest BCUT2D eigenvalue weighted by molar-refractivity contribution is -0.123. The molecule has 1 aromatic heterocycles. The molecule has 9 heteroatoms. The van der Waals surface area contributed by atoms with Crippen molar-refractivity contribution >= 4 is 29.3 Å². The number of aromatic nitrogens is 3. The first-order valence-electron chi connectivity index (χ1n) is 7.45. The summed E-state index contributed by atoms with van der Waals surface area (Å²) >= 11 is 1.47. The van der Waals surface area contributed by atoms with Crippen LogP contribution in [-0.2, 0) is 9.59 Å². The fraction of sp³-hybridized carbons (Fsp3) is 0.333. The minimum Gasteiger partial charge on any atom is -0.484 e. The number of carbonyl (C=O) groups excluding carboxylic acids is 2. The summed E-state index contributed by atoms with van der Waals surface area (Å²) in [6.45, 7) is 2.23. The zero-order valence-corrected chi connectivity index (χ0v) is 14.1. The van der Waals surface area contributed by atoms with E-state index < -0.39 is 0 Å². The zero-order chi connectivity index (χ0) is 17.2. The van der Waals surface area contributed by atoms with Crippen LogP contribution in [0.25, 0.3) is 0 Å². The molecular weight excluding hydrogens is 330 g/mol. The van der Waals surface area contributed by atoms with Crippen LogP contribution in [0.3, 0.4) is 0 Å². The zero-order valence-electron chi connectivity index (χ0n) is 13.2. The normalized spacial score (nSPS) is 10.2. The molecule has 0 bridgehead atoms. The van der Waals surface area contributed by atoms with Crippen LogP contribution >= 0.6 is 11.8 Å². The molecule has 0 aliphatic rings. The summed E-state index contributed by atoms with van der Waals surface area (Å²) in [7, 11) is 0. The second-order valence-corrected chi connectivity index (χ2v) is 5.79. The van der Waals surface area contributed by atoms with Gasteiger partial charge in [-0.25, -0.2) is 4.98 Å². The monoisotopic (exact) mass is 349 g/mol. The summed E-state index contributed by atoms with van der Waals surface area (Å²) in [5.41, 5.74) is 0.697. The number of nitrogens with zero attached hydrogens (tertiary/aromatic N) is 2. The van der Waals surface area contributed by atoms with Crippen molar-refractivity contribution in [2.75, 3.05) is 24.2 Å². The van der Waals surface area contributed by atoms with Gasteiger partial charge in [0.05, 0.1) is 0 Å². The van der Waals surface area contributed by atoms with E-state index in [0.29, 0.717) is 30.2 Å². The Kier molecular flexibility index (Phi) is 7.09. The van der Waals surface area contributed by atoms with Crippen molar-refractivity contribution in [1.82, 2.24) is 20.5 Å². The highest BCUT2D eigenvalue weighted by Crippen LogP contribution is 2.15. The van der Waals surface area contributed by atoms with Crippen molar-refractivity contribution < 1.29 is 14.3 Å². The molecule has 24 heavy (non-hydrogen) atoms. The van der Waals surface area contributed by atoms with Gasteiger partial charge in [0.2, 0.25) is 5.91 Å². The van der Waals surface area contributed by atoms with Crippen molar-refractivity contribution in [1.29, 1.82) is 0 Å². The molecule has 2 amide bonds. The van der Waals surface area contributed by atoms with E-state index in [1.165, 1.54) is 18.1 Å². The number of anilines is 1. The lowest BCUT2D eigenvalue weighted by Gasteiger charge is -2.08. The van der Waals surface area contributed by atoms with E-state index in [2.05, 4.69) is 25.8 Å². The Morgan fingerprint density at radius 3 is 2.71 bits per heavy atom. The number of ether oxygens (including phenoxy) is 1. The first kappa shape index (κ1) is 17.8. The molecule has 8 nitrogen and oxygen atoms in total. The number of hydrogen-bond donors (Lipinski definition) is 3. The number of amides is 2. The van der Waals surface area contributed by atoms with Gasteiger partial charge in [0.15, 0.2) is 11.8 Å². The molecule has 1 heterocycles. The summed E-state index contributed by atoms with van der Waals surface area (Å²) in [6, 6.07) is 6.88.